The molecule has 1 heterocycles. The zero-order valence-corrected chi connectivity index (χ0v) is 10.3. The first kappa shape index (κ1) is 12.0. The van der Waals surface area contributed by atoms with E-state index in [1.807, 2.05) is 0 Å². The van der Waals surface area contributed by atoms with E-state index in [1.165, 1.54) is 6.20 Å². The summed E-state index contributed by atoms with van der Waals surface area (Å²) in [7, 11) is 0. The molecule has 1 amide bonds. The fourth-order valence-electron chi connectivity index (χ4n) is 1.26. The summed E-state index contributed by atoms with van der Waals surface area (Å²) in [5.74, 6) is 0.0829. The van der Waals surface area contributed by atoms with Crippen LogP contribution in [0.2, 0.25) is 10.0 Å². The molecule has 1 aromatic heterocycles. The molecule has 0 aliphatic carbocycles. The molecule has 0 unspecified atom stereocenters. The van der Waals surface area contributed by atoms with Crippen LogP contribution in [0.5, 0.6) is 0 Å². The van der Waals surface area contributed by atoms with Gasteiger partial charge in [-0.25, -0.2) is 4.98 Å². The highest BCUT2D eigenvalue weighted by atomic mass is 35.5. The van der Waals surface area contributed by atoms with Gasteiger partial charge in [0.15, 0.2) is 5.89 Å². The van der Waals surface area contributed by atoms with E-state index in [1.54, 1.807) is 25.1 Å². The predicted octanol–water partition coefficient (Wildman–Crippen LogP) is 3.54. The number of anilines is 1. The van der Waals surface area contributed by atoms with Gasteiger partial charge in [-0.05, 0) is 12.1 Å². The highest BCUT2D eigenvalue weighted by molar-refractivity contribution is 6.39. The first-order valence-corrected chi connectivity index (χ1v) is 5.51. The fourth-order valence-corrected chi connectivity index (χ4v) is 1.75. The van der Waals surface area contributed by atoms with Crippen molar-refractivity contribution in [3.05, 3.63) is 46.1 Å². The zero-order chi connectivity index (χ0) is 12.4. The van der Waals surface area contributed by atoms with Gasteiger partial charge in [0.25, 0.3) is 5.91 Å². The van der Waals surface area contributed by atoms with Crippen LogP contribution in [-0.2, 0) is 0 Å². The molecule has 4 nitrogen and oxygen atoms in total. The van der Waals surface area contributed by atoms with Crippen molar-refractivity contribution < 1.29 is 9.21 Å². The van der Waals surface area contributed by atoms with Crippen molar-refractivity contribution in [2.24, 2.45) is 0 Å². The minimum atomic E-state index is -0.444. The number of nitrogens with zero attached hydrogens (tertiary/aromatic N) is 1. The molecule has 17 heavy (non-hydrogen) atoms. The minimum Gasteiger partial charge on any atom is -0.436 e. The monoisotopic (exact) mass is 270 g/mol. The van der Waals surface area contributed by atoms with E-state index in [0.717, 1.165) is 0 Å². The Hall–Kier alpha value is -1.52. The Morgan fingerprint density at radius 1 is 1.35 bits per heavy atom. The number of rotatable bonds is 2. The maximum absolute atomic E-state index is 11.8. The summed E-state index contributed by atoms with van der Waals surface area (Å²) in [6.45, 7) is 1.65. The number of carbonyl (C=O) groups excluding carboxylic acids is 1. The summed E-state index contributed by atoms with van der Waals surface area (Å²) in [6.07, 6.45) is 1.34. The molecule has 0 aliphatic rings. The molecule has 0 bridgehead atoms. The van der Waals surface area contributed by atoms with Crippen molar-refractivity contribution in [1.82, 2.24) is 4.98 Å². The van der Waals surface area contributed by atoms with Crippen LogP contribution in [0, 0.1) is 6.92 Å². The SMILES string of the molecule is Cc1ncc(C(=O)Nc2c(Cl)cccc2Cl)o1. The van der Waals surface area contributed by atoms with Gasteiger partial charge in [0.1, 0.15) is 0 Å². The maximum atomic E-state index is 11.8. The molecule has 6 heteroatoms. The second kappa shape index (κ2) is 4.77. The highest BCUT2D eigenvalue weighted by Crippen LogP contribution is 2.30. The molecule has 0 aliphatic heterocycles. The van der Waals surface area contributed by atoms with Crippen molar-refractivity contribution in [3.8, 4) is 0 Å². The van der Waals surface area contributed by atoms with Gasteiger partial charge in [0.2, 0.25) is 5.76 Å². The highest BCUT2D eigenvalue weighted by Gasteiger charge is 2.14. The van der Waals surface area contributed by atoms with Crippen LogP contribution in [0.1, 0.15) is 16.4 Å². The standard InChI is InChI=1S/C11H8Cl2N2O2/c1-6-14-5-9(17-6)11(16)15-10-7(12)3-2-4-8(10)13/h2-5H,1H3,(H,15,16). The van der Waals surface area contributed by atoms with E-state index < -0.39 is 5.91 Å². The first-order chi connectivity index (χ1) is 8.08. The minimum absolute atomic E-state index is 0.110. The van der Waals surface area contributed by atoms with Crippen molar-refractivity contribution in [1.29, 1.82) is 0 Å². The first-order valence-electron chi connectivity index (χ1n) is 4.75. The van der Waals surface area contributed by atoms with Crippen LogP contribution in [0.15, 0.2) is 28.8 Å². The number of oxazole rings is 1. The Balaban J connectivity index is 2.24. The van der Waals surface area contributed by atoms with Gasteiger partial charge in [0, 0.05) is 6.92 Å². The average Bonchev–Trinajstić information content (AvgIpc) is 2.70. The Morgan fingerprint density at radius 3 is 2.53 bits per heavy atom. The summed E-state index contributed by atoms with van der Waals surface area (Å²) in [5, 5.41) is 3.30. The van der Waals surface area contributed by atoms with E-state index in [-0.39, 0.29) is 5.76 Å². The van der Waals surface area contributed by atoms with Crippen LogP contribution >= 0.6 is 23.2 Å². The fraction of sp³-hybridized carbons (Fsp3) is 0.0909. The number of nitrogens with one attached hydrogen (secondary N) is 1. The third-order valence-electron chi connectivity index (χ3n) is 2.05. The van der Waals surface area contributed by atoms with Crippen molar-refractivity contribution in [2.75, 3.05) is 5.32 Å². The van der Waals surface area contributed by atoms with Crippen LogP contribution < -0.4 is 5.32 Å². The van der Waals surface area contributed by atoms with Crippen molar-refractivity contribution >= 4 is 34.8 Å². The Bertz CT molecular complexity index is 546. The number of para-hydroxylation sites is 1. The molecule has 1 N–H and O–H groups in total. The number of benzene rings is 1. The lowest BCUT2D eigenvalue weighted by Gasteiger charge is -2.07. The molecule has 0 saturated carbocycles. The normalized spacial score (nSPS) is 10.3. The van der Waals surface area contributed by atoms with E-state index in [4.69, 9.17) is 27.6 Å². The largest absolute Gasteiger partial charge is 0.436 e. The molecule has 0 fully saturated rings. The van der Waals surface area contributed by atoms with Gasteiger partial charge in [0.05, 0.1) is 21.9 Å². The smallest absolute Gasteiger partial charge is 0.293 e. The molecule has 0 radical (unpaired) electrons. The van der Waals surface area contributed by atoms with Gasteiger partial charge in [-0.2, -0.15) is 0 Å². The molecular formula is C11H8Cl2N2O2. The maximum Gasteiger partial charge on any atom is 0.293 e. The molecular weight excluding hydrogens is 263 g/mol. The number of aryl methyl sites for hydroxylation is 1. The lowest BCUT2D eigenvalue weighted by molar-refractivity contribution is 0.0995. The zero-order valence-electron chi connectivity index (χ0n) is 8.83. The topological polar surface area (TPSA) is 55.1 Å². The summed E-state index contributed by atoms with van der Waals surface area (Å²) >= 11 is 11.8. The number of hydrogen-bond acceptors (Lipinski definition) is 3. The van der Waals surface area contributed by atoms with Gasteiger partial charge in [-0.1, -0.05) is 29.3 Å². The predicted molar refractivity (Wildman–Crippen MR) is 65.7 cm³/mol. The number of amides is 1. The second-order valence-corrected chi connectivity index (χ2v) is 4.11. The number of halogens is 2. The van der Waals surface area contributed by atoms with Gasteiger partial charge in [-0.15, -0.1) is 0 Å². The van der Waals surface area contributed by atoms with Crippen LogP contribution in [0.25, 0.3) is 0 Å². The summed E-state index contributed by atoms with van der Waals surface area (Å²) < 4.78 is 5.09. The molecule has 0 spiro atoms. The summed E-state index contributed by atoms with van der Waals surface area (Å²) in [5.41, 5.74) is 0.356. The van der Waals surface area contributed by atoms with E-state index in [0.29, 0.717) is 21.6 Å². The van der Waals surface area contributed by atoms with E-state index in [2.05, 4.69) is 10.3 Å². The third-order valence-corrected chi connectivity index (χ3v) is 2.68. The molecule has 2 aromatic rings. The number of carbonyl (C=O) groups is 1. The van der Waals surface area contributed by atoms with Gasteiger partial charge < -0.3 is 9.73 Å². The molecule has 0 atom stereocenters. The molecule has 2 rings (SSSR count). The van der Waals surface area contributed by atoms with Gasteiger partial charge in [-0.3, -0.25) is 4.79 Å². The number of aromatic nitrogens is 1. The van der Waals surface area contributed by atoms with Crippen molar-refractivity contribution in [3.63, 3.8) is 0 Å². The lowest BCUT2D eigenvalue weighted by atomic mass is 10.3. The third kappa shape index (κ3) is 2.60. The summed E-state index contributed by atoms with van der Waals surface area (Å²) in [4.78, 5) is 15.6. The molecule has 88 valence electrons. The Kier molecular flexibility index (Phi) is 3.36. The lowest BCUT2D eigenvalue weighted by Crippen LogP contribution is -2.11. The van der Waals surface area contributed by atoms with Crippen LogP contribution in [0.4, 0.5) is 5.69 Å². The van der Waals surface area contributed by atoms with E-state index in [9.17, 15) is 4.79 Å². The van der Waals surface area contributed by atoms with Crippen LogP contribution in [0.3, 0.4) is 0 Å². The Labute approximate surface area is 108 Å². The Morgan fingerprint density at radius 2 is 2.00 bits per heavy atom. The molecule has 1 aromatic carbocycles. The average molecular weight is 271 g/mol. The van der Waals surface area contributed by atoms with Crippen molar-refractivity contribution in [2.45, 2.75) is 6.92 Å². The molecule has 0 saturated heterocycles. The quantitative estimate of drug-likeness (QED) is 0.908. The number of hydrogen-bond donors (Lipinski definition) is 1. The second-order valence-electron chi connectivity index (χ2n) is 3.29. The van der Waals surface area contributed by atoms with Crippen LogP contribution in [-0.4, -0.2) is 10.9 Å². The van der Waals surface area contributed by atoms with E-state index >= 15 is 0 Å². The van der Waals surface area contributed by atoms with Gasteiger partial charge >= 0.3 is 0 Å². The summed E-state index contributed by atoms with van der Waals surface area (Å²) in [6, 6.07) is 4.96.